The monoisotopic (exact) mass is 367 g/mol. The summed E-state index contributed by atoms with van der Waals surface area (Å²) in [5.74, 6) is 0.280. The third-order valence-corrected chi connectivity index (χ3v) is 6.11. The summed E-state index contributed by atoms with van der Waals surface area (Å²) >= 11 is 0. The number of quaternary nitrogens is 4. The highest BCUT2D eigenvalue weighted by atomic mass is 16.1. The smallest absolute Gasteiger partial charge is 0.237 e. The van der Waals surface area contributed by atoms with Crippen LogP contribution in [0.2, 0.25) is 0 Å². The summed E-state index contributed by atoms with van der Waals surface area (Å²) in [5.41, 5.74) is 3.05. The van der Waals surface area contributed by atoms with Gasteiger partial charge in [-0.2, -0.15) is 4.68 Å². The number of fused-ring (bicyclic) bond motifs is 1. The molecule has 2 rings (SSSR count). The fraction of sp³-hybridized carbons (Fsp3) is 0.750. The minimum absolute atomic E-state index is 0.197. The maximum Gasteiger partial charge on any atom is 0.237 e. The van der Waals surface area contributed by atoms with Gasteiger partial charge in [-0.25, -0.2) is 4.59 Å². The van der Waals surface area contributed by atoms with E-state index in [-0.39, 0.29) is 11.4 Å². The molecule has 1 aliphatic rings. The van der Waals surface area contributed by atoms with Crippen LogP contribution in [0.15, 0.2) is 6.20 Å². The molecule has 0 saturated heterocycles. The Morgan fingerprint density at radius 2 is 1.27 bits per heavy atom. The molecule has 26 heavy (non-hydrogen) atoms. The van der Waals surface area contributed by atoms with Crippen molar-refractivity contribution in [3.05, 3.63) is 17.5 Å². The van der Waals surface area contributed by atoms with Gasteiger partial charge < -0.3 is 0 Å². The summed E-state index contributed by atoms with van der Waals surface area (Å²) in [5, 5.41) is 0. The van der Waals surface area contributed by atoms with Crippen molar-refractivity contribution in [1.29, 1.82) is 0 Å². The summed E-state index contributed by atoms with van der Waals surface area (Å²) in [4.78, 5) is 13.6. The van der Waals surface area contributed by atoms with E-state index >= 15 is 0 Å². The third-order valence-electron chi connectivity index (χ3n) is 6.11. The van der Waals surface area contributed by atoms with Crippen LogP contribution in [-0.4, -0.2) is 110 Å². The van der Waals surface area contributed by atoms with E-state index in [1.54, 1.807) is 0 Å². The number of Topliss-reactive ketones (excluding diaryl/α,β-unsaturated/α-hetero) is 1. The fourth-order valence-corrected chi connectivity index (χ4v) is 4.56. The second kappa shape index (κ2) is 5.64. The zero-order valence-electron chi connectivity index (χ0n) is 19.1. The van der Waals surface area contributed by atoms with Crippen molar-refractivity contribution in [3.63, 3.8) is 0 Å². The molecule has 6 nitrogen and oxygen atoms in total. The number of hydrogen-bond donors (Lipinski definition) is 0. The summed E-state index contributed by atoms with van der Waals surface area (Å²) in [6.45, 7) is 0. The van der Waals surface area contributed by atoms with Gasteiger partial charge in [0.05, 0.1) is 84.6 Å². The molecule has 0 fully saturated rings. The molecule has 148 valence electrons. The number of likely N-dealkylation sites (N-methyl/N-ethyl adjacent to an activating group) is 2. The average Bonchev–Trinajstić information content (AvgIpc) is 2.75. The number of hydrogen-bond acceptors (Lipinski definition) is 1. The molecule has 0 radical (unpaired) electrons. The van der Waals surface area contributed by atoms with Crippen LogP contribution < -0.4 is 9.08 Å². The van der Waals surface area contributed by atoms with Crippen molar-refractivity contribution in [3.8, 4) is 0 Å². The molecule has 0 atom stereocenters. The topological polar surface area (TPSA) is 22.0 Å². The summed E-state index contributed by atoms with van der Waals surface area (Å²) < 4.78 is 5.11. The quantitative estimate of drug-likeness (QED) is 0.580. The zero-order chi connectivity index (χ0) is 20.5. The van der Waals surface area contributed by atoms with Gasteiger partial charge in [0.15, 0.2) is 11.5 Å². The lowest BCUT2D eigenvalue weighted by Gasteiger charge is -2.54. The van der Waals surface area contributed by atoms with E-state index in [1.165, 1.54) is 5.69 Å². The van der Waals surface area contributed by atoms with Crippen molar-refractivity contribution in [1.82, 2.24) is 13.8 Å². The van der Waals surface area contributed by atoms with Crippen LogP contribution in [0.5, 0.6) is 0 Å². The standard InChI is InChI=1S/C20H41N5O/c1-22(2,3)17-15-21(25(10,11)12)16-13-20(23(4,5)6,24(7,8)9)14-18(26)19(16)17/h15H,13-14H2,1-12H3/q+4. The zero-order valence-corrected chi connectivity index (χ0v) is 19.1. The van der Waals surface area contributed by atoms with Crippen LogP contribution in [0, 0.1) is 0 Å². The molecule has 0 bridgehead atoms. The number of carbonyl (C=O) groups is 1. The van der Waals surface area contributed by atoms with Crippen LogP contribution in [0.4, 0.5) is 5.69 Å². The van der Waals surface area contributed by atoms with Gasteiger partial charge in [0.2, 0.25) is 5.66 Å². The Balaban J connectivity index is 2.85. The van der Waals surface area contributed by atoms with Crippen LogP contribution in [0.1, 0.15) is 22.5 Å². The first kappa shape index (κ1) is 21.1. The Hall–Kier alpha value is -1.21. The number of carbonyl (C=O) groups excluding carboxylic acids is 1. The number of nitrogens with zero attached hydrogens (tertiary/aromatic N) is 5. The van der Waals surface area contributed by atoms with Crippen LogP contribution in [0.25, 0.3) is 0 Å². The average molecular weight is 368 g/mol. The second-order valence-corrected chi connectivity index (χ2v) is 11.4. The van der Waals surface area contributed by atoms with Crippen LogP contribution in [-0.2, 0) is 6.42 Å². The predicted molar refractivity (Wildman–Crippen MR) is 111 cm³/mol. The third kappa shape index (κ3) is 3.13. The van der Waals surface area contributed by atoms with Crippen molar-refractivity contribution < 1.29 is 13.8 Å². The minimum Gasteiger partial charge on any atom is -0.296 e. The van der Waals surface area contributed by atoms with E-state index in [1.807, 2.05) is 0 Å². The second-order valence-electron chi connectivity index (χ2n) is 11.4. The molecule has 0 saturated carbocycles. The number of rotatable bonds is 4. The molecule has 6 heteroatoms. The summed E-state index contributed by atoms with van der Waals surface area (Å²) in [6, 6.07) is 0. The molecule has 0 spiro atoms. The normalized spacial score (nSPS) is 18.8. The van der Waals surface area contributed by atoms with Gasteiger partial charge in [0.25, 0.3) is 0 Å². The van der Waals surface area contributed by atoms with Gasteiger partial charge in [-0.15, -0.1) is 0 Å². The Kier molecular flexibility index (Phi) is 4.58. The van der Waals surface area contributed by atoms with Crippen molar-refractivity contribution in [2.75, 3.05) is 84.6 Å². The molecular weight excluding hydrogens is 326 g/mol. The maximum absolute atomic E-state index is 13.6. The largest absolute Gasteiger partial charge is 0.296 e. The molecule has 0 amide bonds. The van der Waals surface area contributed by atoms with E-state index in [0.29, 0.717) is 15.5 Å². The highest BCUT2D eigenvalue weighted by Gasteiger charge is 2.60. The fourth-order valence-electron chi connectivity index (χ4n) is 4.56. The van der Waals surface area contributed by atoms with Crippen molar-refractivity contribution >= 4 is 11.5 Å². The molecule has 0 N–H and O–H groups in total. The molecule has 1 heterocycles. The Morgan fingerprint density at radius 3 is 1.62 bits per heavy atom. The van der Waals surface area contributed by atoms with E-state index in [4.69, 9.17) is 0 Å². The highest BCUT2D eigenvalue weighted by Crippen LogP contribution is 2.44. The predicted octanol–water partition coefficient (Wildman–Crippen LogP) is 1.25. The van der Waals surface area contributed by atoms with Gasteiger partial charge in [-0.05, 0) is 0 Å². The number of aromatic nitrogens is 1. The maximum atomic E-state index is 13.6. The first-order valence-electron chi connectivity index (χ1n) is 9.38. The van der Waals surface area contributed by atoms with E-state index in [9.17, 15) is 4.79 Å². The van der Waals surface area contributed by atoms with E-state index in [2.05, 4.69) is 95.4 Å². The van der Waals surface area contributed by atoms with Gasteiger partial charge in [-0.1, -0.05) is 0 Å². The van der Waals surface area contributed by atoms with Crippen LogP contribution >= 0.6 is 0 Å². The highest BCUT2D eigenvalue weighted by molar-refractivity contribution is 6.03. The Labute approximate surface area is 160 Å². The first-order chi connectivity index (χ1) is 11.3. The molecule has 1 aromatic rings. The Morgan fingerprint density at radius 1 is 0.808 bits per heavy atom. The lowest BCUT2D eigenvalue weighted by molar-refractivity contribution is -1.12. The minimum atomic E-state index is -0.197. The molecule has 0 aliphatic heterocycles. The van der Waals surface area contributed by atoms with E-state index in [0.717, 1.165) is 26.6 Å². The SMILES string of the molecule is C[N+](C)(C)c1cn([N+](C)(C)C)c2c1C(=O)CC([N+](C)(C)C)([N+](C)(C)C)C2. The van der Waals surface area contributed by atoms with Gasteiger partial charge in [-0.3, -0.25) is 18.2 Å². The van der Waals surface area contributed by atoms with Crippen molar-refractivity contribution in [2.45, 2.75) is 18.5 Å². The molecular formula is C20H41N5O+4. The molecule has 0 unspecified atom stereocenters. The molecule has 1 aliphatic carbocycles. The van der Waals surface area contributed by atoms with Crippen molar-refractivity contribution in [2.24, 2.45) is 0 Å². The lowest BCUT2D eigenvalue weighted by atomic mass is 9.81. The van der Waals surface area contributed by atoms with Gasteiger partial charge in [0, 0.05) is 0 Å². The summed E-state index contributed by atoms with van der Waals surface area (Å²) in [6.07, 6.45) is 3.65. The molecule has 1 aromatic heterocycles. The van der Waals surface area contributed by atoms with Gasteiger partial charge >= 0.3 is 0 Å². The van der Waals surface area contributed by atoms with E-state index < -0.39 is 0 Å². The Bertz CT molecular complexity index is 704. The van der Waals surface area contributed by atoms with Crippen LogP contribution in [0.3, 0.4) is 0 Å². The first-order valence-corrected chi connectivity index (χ1v) is 9.38. The van der Waals surface area contributed by atoms with Gasteiger partial charge in [0.1, 0.15) is 30.3 Å². The lowest BCUT2D eigenvalue weighted by Crippen LogP contribution is -2.74. The summed E-state index contributed by atoms with van der Waals surface area (Å²) in [7, 11) is 26.3. The molecule has 0 aromatic carbocycles. The number of ketones is 1.